The molecular formula is C26H45BO. The van der Waals surface area contributed by atoms with Crippen LogP contribution in [0.4, 0.5) is 0 Å². The van der Waals surface area contributed by atoms with Gasteiger partial charge in [0.05, 0.1) is 0 Å². The van der Waals surface area contributed by atoms with Gasteiger partial charge < -0.3 is 5.11 Å². The van der Waals surface area contributed by atoms with E-state index in [1.807, 2.05) is 0 Å². The van der Waals surface area contributed by atoms with Crippen LogP contribution in [-0.4, -0.2) is 12.4 Å². The third-order valence-corrected chi connectivity index (χ3v) is 7.27. The minimum Gasteiger partial charge on any atom is -0.507 e. The number of hydrogen-bond donors (Lipinski definition) is 1. The molecule has 0 saturated heterocycles. The van der Waals surface area contributed by atoms with Crippen LogP contribution in [0.5, 0.6) is 5.75 Å². The van der Waals surface area contributed by atoms with Crippen LogP contribution < -0.4 is 5.46 Å². The molecule has 1 aliphatic carbocycles. The molecule has 0 spiro atoms. The fraction of sp³-hybridized carbons (Fsp3) is 0.769. The lowest BCUT2D eigenvalue weighted by molar-refractivity contribution is 0.195. The van der Waals surface area contributed by atoms with E-state index in [2.05, 4.69) is 81.4 Å². The molecule has 0 aromatic heterocycles. The summed E-state index contributed by atoms with van der Waals surface area (Å²) in [4.78, 5) is 0. The Morgan fingerprint density at radius 2 is 1.25 bits per heavy atom. The highest BCUT2D eigenvalue weighted by atomic mass is 16.3. The van der Waals surface area contributed by atoms with Crippen molar-refractivity contribution in [3.63, 3.8) is 0 Å². The van der Waals surface area contributed by atoms with Gasteiger partial charge in [0.2, 0.25) is 0 Å². The molecule has 1 N–H and O–H groups in total. The van der Waals surface area contributed by atoms with Gasteiger partial charge in [-0.15, -0.1) is 0 Å². The van der Waals surface area contributed by atoms with Crippen molar-refractivity contribution in [1.29, 1.82) is 0 Å². The molecule has 0 radical (unpaired) electrons. The van der Waals surface area contributed by atoms with Crippen molar-refractivity contribution in [2.75, 3.05) is 0 Å². The quantitative estimate of drug-likeness (QED) is 0.572. The van der Waals surface area contributed by atoms with E-state index in [0.29, 0.717) is 11.1 Å². The maximum atomic E-state index is 11.0. The molecule has 2 heteroatoms. The lowest BCUT2D eigenvalue weighted by Crippen LogP contribution is -2.35. The molecule has 0 heterocycles. The van der Waals surface area contributed by atoms with E-state index in [-0.39, 0.29) is 10.8 Å². The zero-order valence-corrected chi connectivity index (χ0v) is 20.4. The number of hydrogen-bond acceptors (Lipinski definition) is 1. The van der Waals surface area contributed by atoms with E-state index in [1.165, 1.54) is 31.1 Å². The summed E-state index contributed by atoms with van der Waals surface area (Å²) in [6.45, 7) is 22.9. The Hall–Kier alpha value is -0.915. The molecule has 0 bridgehead atoms. The first-order valence-corrected chi connectivity index (χ1v) is 11.5. The number of phenolic OH excluding ortho intramolecular Hbond substituents is 1. The summed E-state index contributed by atoms with van der Waals surface area (Å²) in [6.07, 6.45) is 5.52. The van der Waals surface area contributed by atoms with Crippen molar-refractivity contribution in [3.8, 4) is 5.75 Å². The van der Waals surface area contributed by atoms with E-state index in [9.17, 15) is 5.11 Å². The lowest BCUT2D eigenvalue weighted by Gasteiger charge is -2.40. The smallest absolute Gasteiger partial charge is 0.163 e. The molecule has 1 fully saturated rings. The van der Waals surface area contributed by atoms with E-state index >= 15 is 0 Å². The summed E-state index contributed by atoms with van der Waals surface area (Å²) in [5.74, 6) is 3.04. The van der Waals surface area contributed by atoms with Gasteiger partial charge in [-0.3, -0.25) is 0 Å². The molecular weight excluding hydrogens is 339 g/mol. The molecule has 2 rings (SSSR count). The van der Waals surface area contributed by atoms with Gasteiger partial charge in [0.15, 0.2) is 7.28 Å². The first kappa shape index (κ1) is 23.4. The van der Waals surface area contributed by atoms with Crippen LogP contribution >= 0.6 is 0 Å². The van der Waals surface area contributed by atoms with Crippen LogP contribution in [0.15, 0.2) is 12.1 Å². The Balaban J connectivity index is 2.32. The molecule has 1 aromatic carbocycles. The molecule has 1 saturated carbocycles. The lowest BCUT2D eigenvalue weighted by atomic mass is 9.43. The monoisotopic (exact) mass is 384 g/mol. The molecule has 1 aliphatic rings. The summed E-state index contributed by atoms with van der Waals surface area (Å²) in [5, 5.41) is 11.3. The Morgan fingerprint density at radius 3 is 1.61 bits per heavy atom. The number of phenols is 1. The van der Waals surface area contributed by atoms with Gasteiger partial charge in [-0.1, -0.05) is 105 Å². The average molecular weight is 384 g/mol. The van der Waals surface area contributed by atoms with Gasteiger partial charge in [0.1, 0.15) is 5.75 Å². The van der Waals surface area contributed by atoms with Gasteiger partial charge in [0.25, 0.3) is 0 Å². The third-order valence-electron chi connectivity index (χ3n) is 7.27. The van der Waals surface area contributed by atoms with Crippen molar-refractivity contribution in [1.82, 2.24) is 0 Å². The van der Waals surface area contributed by atoms with E-state index in [4.69, 9.17) is 0 Å². The van der Waals surface area contributed by atoms with E-state index in [0.717, 1.165) is 36.2 Å². The molecule has 0 amide bonds. The Bertz CT molecular complexity index is 630. The molecule has 0 atom stereocenters. The van der Waals surface area contributed by atoms with Crippen molar-refractivity contribution in [2.24, 2.45) is 17.8 Å². The van der Waals surface area contributed by atoms with Crippen LogP contribution in [0, 0.1) is 17.8 Å². The highest BCUT2D eigenvalue weighted by Crippen LogP contribution is 2.46. The highest BCUT2D eigenvalue weighted by Gasteiger charge is 2.35. The number of benzene rings is 1. The molecule has 1 aromatic rings. The van der Waals surface area contributed by atoms with Crippen molar-refractivity contribution in [3.05, 3.63) is 23.3 Å². The van der Waals surface area contributed by atoms with Crippen LogP contribution in [0.3, 0.4) is 0 Å². The summed E-state index contributed by atoms with van der Waals surface area (Å²) in [6, 6.07) is 4.57. The summed E-state index contributed by atoms with van der Waals surface area (Å²) < 4.78 is 0. The molecule has 1 nitrogen and oxygen atoms in total. The molecule has 158 valence electrons. The highest BCUT2D eigenvalue weighted by molar-refractivity contribution is 6.56. The van der Waals surface area contributed by atoms with Crippen LogP contribution in [-0.2, 0) is 10.8 Å². The number of aromatic hydroxyl groups is 1. The third kappa shape index (κ3) is 5.36. The maximum absolute atomic E-state index is 11.0. The molecule has 0 unspecified atom stereocenters. The second-order valence-corrected chi connectivity index (χ2v) is 12.6. The second kappa shape index (κ2) is 8.08. The second-order valence-electron chi connectivity index (χ2n) is 12.6. The molecule has 0 aliphatic heterocycles. The topological polar surface area (TPSA) is 20.2 Å². The van der Waals surface area contributed by atoms with Gasteiger partial charge in [-0.25, -0.2) is 0 Å². The SMILES string of the molecule is CC(C)C1CCC(C(C)(C)Bc2cc(C(C)(C)C)c(O)c(C(C)(C)C)c2)CC1. The zero-order chi connectivity index (χ0) is 21.5. The van der Waals surface area contributed by atoms with E-state index < -0.39 is 0 Å². The largest absolute Gasteiger partial charge is 0.507 e. The van der Waals surface area contributed by atoms with Crippen molar-refractivity contribution < 1.29 is 5.11 Å². The average Bonchev–Trinajstić information content (AvgIpc) is 2.54. The predicted molar refractivity (Wildman–Crippen MR) is 127 cm³/mol. The fourth-order valence-electron chi connectivity index (χ4n) is 5.18. The van der Waals surface area contributed by atoms with Gasteiger partial charge in [-0.2, -0.15) is 0 Å². The van der Waals surface area contributed by atoms with Crippen LogP contribution in [0.1, 0.15) is 106 Å². The van der Waals surface area contributed by atoms with Crippen molar-refractivity contribution >= 4 is 12.7 Å². The fourth-order valence-corrected chi connectivity index (χ4v) is 5.18. The van der Waals surface area contributed by atoms with Crippen molar-refractivity contribution in [2.45, 2.75) is 111 Å². The Morgan fingerprint density at radius 1 is 0.821 bits per heavy atom. The van der Waals surface area contributed by atoms with Gasteiger partial charge in [-0.05, 0) is 52.6 Å². The Kier molecular flexibility index (Phi) is 6.74. The minimum atomic E-state index is -0.0560. The first-order chi connectivity index (χ1) is 12.6. The van der Waals surface area contributed by atoms with Crippen LogP contribution in [0.25, 0.3) is 0 Å². The zero-order valence-electron chi connectivity index (χ0n) is 20.4. The summed E-state index contributed by atoms with van der Waals surface area (Å²) >= 11 is 0. The van der Waals surface area contributed by atoms with E-state index in [1.54, 1.807) is 0 Å². The van der Waals surface area contributed by atoms with Crippen LogP contribution in [0.2, 0.25) is 5.31 Å². The maximum Gasteiger partial charge on any atom is 0.163 e. The van der Waals surface area contributed by atoms with Gasteiger partial charge >= 0.3 is 0 Å². The predicted octanol–water partition coefficient (Wildman–Crippen LogP) is 6.71. The summed E-state index contributed by atoms with van der Waals surface area (Å²) in [7, 11) is 1.09. The Labute approximate surface area is 176 Å². The molecule has 28 heavy (non-hydrogen) atoms. The number of rotatable bonds is 4. The standard InChI is InChI=1S/C26H45BO/c1-17(2)18-11-13-19(14-12-18)26(9,10)27-20-15-21(24(3,4)5)23(28)22(16-20)25(6,7)8/h15-19,27-28H,11-14H2,1-10H3. The summed E-state index contributed by atoms with van der Waals surface area (Å²) in [5.41, 5.74) is 3.46. The first-order valence-electron chi connectivity index (χ1n) is 11.5. The normalized spacial score (nSPS) is 21.8. The van der Waals surface area contributed by atoms with Gasteiger partial charge in [0, 0.05) is 0 Å². The minimum absolute atomic E-state index is 0.0560.